The number of allylic oxidation sites excluding steroid dienone is 1. The number of methoxy groups -OCH3 is 1. The summed E-state index contributed by atoms with van der Waals surface area (Å²) in [5.41, 5.74) is 1.96. The number of halogens is 3. The highest BCUT2D eigenvalue weighted by molar-refractivity contribution is 5.94. The van der Waals surface area contributed by atoms with E-state index in [4.69, 9.17) is 4.74 Å². The monoisotopic (exact) mass is 381 g/mol. The maximum absolute atomic E-state index is 12.7. The predicted molar refractivity (Wildman–Crippen MR) is 89.4 cm³/mol. The van der Waals surface area contributed by atoms with Gasteiger partial charge in [-0.3, -0.25) is 4.79 Å². The minimum absolute atomic E-state index is 0.0652. The van der Waals surface area contributed by atoms with Gasteiger partial charge in [0.15, 0.2) is 0 Å². The number of alkyl halides is 3. The van der Waals surface area contributed by atoms with E-state index >= 15 is 0 Å². The smallest absolute Gasteiger partial charge is 0.465 e. The van der Waals surface area contributed by atoms with Crippen LogP contribution in [0.25, 0.3) is 0 Å². The molecule has 1 heterocycles. The van der Waals surface area contributed by atoms with Crippen molar-refractivity contribution in [2.75, 3.05) is 13.7 Å². The number of fused-ring (bicyclic) bond motifs is 1. The fourth-order valence-electron chi connectivity index (χ4n) is 3.47. The zero-order chi connectivity index (χ0) is 19.8. The van der Waals surface area contributed by atoms with E-state index in [9.17, 15) is 22.8 Å². The molecular formula is C19H18F3NO4. The molecule has 5 nitrogen and oxygen atoms in total. The van der Waals surface area contributed by atoms with Crippen molar-refractivity contribution in [1.82, 2.24) is 4.90 Å². The Hall–Kier alpha value is -2.77. The summed E-state index contributed by atoms with van der Waals surface area (Å²) in [5, 5.41) is 0. The summed E-state index contributed by atoms with van der Waals surface area (Å²) in [7, 11) is 1.30. The summed E-state index contributed by atoms with van der Waals surface area (Å²) >= 11 is 0. The minimum Gasteiger partial charge on any atom is -0.465 e. The van der Waals surface area contributed by atoms with E-state index in [-0.39, 0.29) is 30.0 Å². The summed E-state index contributed by atoms with van der Waals surface area (Å²) in [6.45, 7) is 2.49. The second-order valence-electron chi connectivity index (χ2n) is 6.56. The molecule has 0 saturated carbocycles. The summed E-state index contributed by atoms with van der Waals surface area (Å²) in [5.74, 6) is -1.29. The third-order valence-electron chi connectivity index (χ3n) is 4.61. The van der Waals surface area contributed by atoms with E-state index in [2.05, 4.69) is 4.74 Å². The first kappa shape index (κ1) is 19.0. The van der Waals surface area contributed by atoms with Crippen LogP contribution in [0.15, 0.2) is 47.6 Å². The van der Waals surface area contributed by atoms with E-state index in [1.165, 1.54) is 31.4 Å². The zero-order valence-electron chi connectivity index (χ0n) is 14.7. The molecule has 144 valence electrons. The van der Waals surface area contributed by atoms with Gasteiger partial charge in [0.1, 0.15) is 5.75 Å². The molecule has 1 amide bonds. The predicted octanol–water partition coefficient (Wildman–Crippen LogP) is 3.22. The van der Waals surface area contributed by atoms with Crippen LogP contribution in [0.3, 0.4) is 0 Å². The molecule has 2 atom stereocenters. The van der Waals surface area contributed by atoms with Crippen LogP contribution in [-0.2, 0) is 20.9 Å². The molecule has 0 bridgehead atoms. The molecule has 1 aromatic rings. The lowest BCUT2D eigenvalue weighted by Gasteiger charge is -2.21. The van der Waals surface area contributed by atoms with Crippen LogP contribution in [0.4, 0.5) is 13.2 Å². The number of amides is 1. The van der Waals surface area contributed by atoms with Crippen molar-refractivity contribution >= 4 is 11.9 Å². The van der Waals surface area contributed by atoms with E-state index in [0.717, 1.165) is 5.57 Å². The summed E-state index contributed by atoms with van der Waals surface area (Å²) in [4.78, 5) is 26.1. The minimum atomic E-state index is -4.74. The average Bonchev–Trinajstić information content (AvgIpc) is 2.90. The normalized spacial score (nSPS) is 22.1. The van der Waals surface area contributed by atoms with Crippen LogP contribution >= 0.6 is 0 Å². The second-order valence-corrected chi connectivity index (χ2v) is 6.56. The van der Waals surface area contributed by atoms with Gasteiger partial charge < -0.3 is 14.4 Å². The zero-order valence-corrected chi connectivity index (χ0v) is 14.7. The molecule has 8 heteroatoms. The molecule has 0 spiro atoms. The Labute approximate surface area is 154 Å². The third kappa shape index (κ3) is 4.15. The largest absolute Gasteiger partial charge is 0.573 e. The second kappa shape index (κ2) is 7.09. The molecule has 1 fully saturated rings. The fraction of sp³-hybridized carbons (Fsp3) is 0.368. The molecule has 1 aliphatic heterocycles. The van der Waals surface area contributed by atoms with Crippen LogP contribution in [-0.4, -0.2) is 36.8 Å². The van der Waals surface area contributed by atoms with Gasteiger partial charge in [-0.15, -0.1) is 13.2 Å². The Balaban J connectivity index is 1.71. The van der Waals surface area contributed by atoms with E-state index < -0.39 is 12.3 Å². The van der Waals surface area contributed by atoms with Crippen molar-refractivity contribution in [3.63, 3.8) is 0 Å². The Morgan fingerprint density at radius 1 is 1.26 bits per heavy atom. The first-order chi connectivity index (χ1) is 12.7. The maximum atomic E-state index is 12.7. The SMILES string of the molecule is COC(=O)C1=CC(C)C2C(=O)N(Cc3ccc(OC(F)(F)F)cc3)CC2=C1. The first-order valence-electron chi connectivity index (χ1n) is 8.32. The molecule has 2 aliphatic rings. The molecule has 0 radical (unpaired) electrons. The van der Waals surface area contributed by atoms with Gasteiger partial charge in [0.25, 0.3) is 0 Å². The molecular weight excluding hydrogens is 363 g/mol. The number of carbonyl (C=O) groups excluding carboxylic acids is 2. The average molecular weight is 381 g/mol. The van der Waals surface area contributed by atoms with Crippen molar-refractivity contribution in [3.8, 4) is 5.75 Å². The number of hydrogen-bond acceptors (Lipinski definition) is 4. The van der Waals surface area contributed by atoms with Crippen LogP contribution in [0.2, 0.25) is 0 Å². The van der Waals surface area contributed by atoms with Crippen molar-refractivity contribution in [1.29, 1.82) is 0 Å². The van der Waals surface area contributed by atoms with E-state index in [1.807, 2.05) is 6.92 Å². The standard InChI is InChI=1S/C19H18F3NO4/c1-11-7-13(18(25)26-2)8-14-10-23(17(24)16(11)14)9-12-3-5-15(6-4-12)27-19(20,21)22/h3-8,11,16H,9-10H2,1-2H3. The molecule has 27 heavy (non-hydrogen) atoms. The Kier molecular flexibility index (Phi) is 4.99. The Morgan fingerprint density at radius 2 is 1.93 bits per heavy atom. The van der Waals surface area contributed by atoms with Crippen LogP contribution in [0.1, 0.15) is 12.5 Å². The van der Waals surface area contributed by atoms with Crippen LogP contribution in [0.5, 0.6) is 5.75 Å². The number of carbonyl (C=O) groups is 2. The quantitative estimate of drug-likeness (QED) is 0.752. The molecule has 2 unspecified atom stereocenters. The highest BCUT2D eigenvalue weighted by Crippen LogP contribution is 2.37. The lowest BCUT2D eigenvalue weighted by molar-refractivity contribution is -0.274. The first-order valence-corrected chi connectivity index (χ1v) is 8.32. The van der Waals surface area contributed by atoms with Crippen molar-refractivity contribution in [3.05, 3.63) is 53.1 Å². The van der Waals surface area contributed by atoms with E-state index in [0.29, 0.717) is 17.7 Å². The fourth-order valence-corrected chi connectivity index (χ4v) is 3.47. The number of hydrogen-bond donors (Lipinski definition) is 0. The number of benzene rings is 1. The Bertz CT molecular complexity index is 811. The molecule has 0 N–H and O–H groups in total. The van der Waals surface area contributed by atoms with Gasteiger partial charge in [-0.05, 0) is 35.3 Å². The number of nitrogens with zero attached hydrogens (tertiary/aromatic N) is 1. The van der Waals surface area contributed by atoms with Crippen LogP contribution < -0.4 is 4.74 Å². The number of ether oxygens (including phenoxy) is 2. The molecule has 0 aromatic heterocycles. The highest BCUT2D eigenvalue weighted by atomic mass is 19.4. The number of rotatable bonds is 4. The Morgan fingerprint density at radius 3 is 2.52 bits per heavy atom. The van der Waals surface area contributed by atoms with Gasteiger partial charge in [0.05, 0.1) is 18.6 Å². The lowest BCUT2D eigenvalue weighted by Crippen LogP contribution is -2.29. The molecule has 1 saturated heterocycles. The van der Waals surface area contributed by atoms with E-state index in [1.54, 1.807) is 17.1 Å². The number of esters is 1. The van der Waals surface area contributed by atoms with Crippen molar-refractivity contribution in [2.24, 2.45) is 11.8 Å². The summed E-state index contributed by atoms with van der Waals surface area (Å²) < 4.78 is 45.2. The maximum Gasteiger partial charge on any atom is 0.573 e. The van der Waals surface area contributed by atoms with Crippen LogP contribution in [0, 0.1) is 11.8 Å². The van der Waals surface area contributed by atoms with Gasteiger partial charge in [0.2, 0.25) is 5.91 Å². The summed E-state index contributed by atoms with van der Waals surface area (Å²) in [6.07, 6.45) is -1.32. The topological polar surface area (TPSA) is 55.8 Å². The van der Waals surface area contributed by atoms with Gasteiger partial charge in [-0.2, -0.15) is 0 Å². The summed E-state index contributed by atoms with van der Waals surface area (Å²) in [6, 6.07) is 5.42. The third-order valence-corrected chi connectivity index (χ3v) is 4.61. The van der Waals surface area contributed by atoms with Gasteiger partial charge >= 0.3 is 12.3 Å². The van der Waals surface area contributed by atoms with Crippen molar-refractivity contribution < 1.29 is 32.2 Å². The highest BCUT2D eigenvalue weighted by Gasteiger charge is 2.41. The lowest BCUT2D eigenvalue weighted by atomic mass is 9.82. The molecule has 3 rings (SSSR count). The molecule has 1 aromatic carbocycles. The van der Waals surface area contributed by atoms with Gasteiger partial charge in [-0.1, -0.05) is 25.1 Å². The van der Waals surface area contributed by atoms with Gasteiger partial charge in [0, 0.05) is 13.1 Å². The molecule has 1 aliphatic carbocycles. The van der Waals surface area contributed by atoms with Gasteiger partial charge in [-0.25, -0.2) is 4.79 Å². The van der Waals surface area contributed by atoms with Crippen molar-refractivity contribution in [2.45, 2.75) is 19.8 Å². The number of likely N-dealkylation sites (tertiary alicyclic amines) is 1.